The molecule has 1 aliphatic rings. The van der Waals surface area contributed by atoms with Gasteiger partial charge in [-0.2, -0.15) is 11.8 Å². The maximum absolute atomic E-state index is 12.7. The van der Waals surface area contributed by atoms with Crippen molar-refractivity contribution in [2.75, 3.05) is 23.7 Å². The van der Waals surface area contributed by atoms with Crippen LogP contribution >= 0.6 is 11.8 Å². The molecule has 0 spiro atoms. The number of thioether (sulfide) groups is 1. The van der Waals surface area contributed by atoms with E-state index in [4.69, 9.17) is 0 Å². The minimum absolute atomic E-state index is 0.0516. The molecular formula is C22H20N2O2S. The summed E-state index contributed by atoms with van der Waals surface area (Å²) in [4.78, 5) is 26.6. The molecule has 0 radical (unpaired) electrons. The molecule has 0 aliphatic carbocycles. The molecule has 4 rings (SSSR count). The van der Waals surface area contributed by atoms with E-state index in [1.165, 1.54) is 5.56 Å². The molecule has 0 saturated carbocycles. The first kappa shape index (κ1) is 17.6. The number of rotatable bonds is 7. The standard InChI is InChI=1S/C22H20N2O2S/c25-20(23-12-13-27-15-16-6-2-1-3-7-16)14-24-19-11-5-9-17-8-4-10-18(21(17)19)22(24)26/h1-11H,12-15H2,(H,23,25). The minimum Gasteiger partial charge on any atom is -0.354 e. The third-order valence-electron chi connectivity index (χ3n) is 4.63. The zero-order valence-corrected chi connectivity index (χ0v) is 15.7. The fraction of sp³-hybridized carbons (Fsp3) is 0.182. The average molecular weight is 376 g/mol. The first-order valence-corrected chi connectivity index (χ1v) is 10.1. The second kappa shape index (κ2) is 7.84. The average Bonchev–Trinajstić information content (AvgIpc) is 2.97. The van der Waals surface area contributed by atoms with Crippen LogP contribution in [0.15, 0.2) is 66.7 Å². The zero-order chi connectivity index (χ0) is 18.6. The molecule has 2 amide bonds. The van der Waals surface area contributed by atoms with Gasteiger partial charge in [0.1, 0.15) is 6.54 Å². The number of anilines is 1. The normalized spacial score (nSPS) is 12.6. The Morgan fingerprint density at radius 1 is 0.963 bits per heavy atom. The summed E-state index contributed by atoms with van der Waals surface area (Å²) in [5, 5.41) is 4.89. The highest BCUT2D eigenvalue weighted by Gasteiger charge is 2.30. The molecule has 27 heavy (non-hydrogen) atoms. The van der Waals surface area contributed by atoms with E-state index in [-0.39, 0.29) is 18.4 Å². The van der Waals surface area contributed by atoms with E-state index >= 15 is 0 Å². The summed E-state index contributed by atoms with van der Waals surface area (Å²) in [5.41, 5.74) is 2.78. The maximum atomic E-state index is 12.7. The van der Waals surface area contributed by atoms with E-state index in [2.05, 4.69) is 17.4 Å². The van der Waals surface area contributed by atoms with Gasteiger partial charge in [-0.25, -0.2) is 0 Å². The molecule has 4 nitrogen and oxygen atoms in total. The minimum atomic E-state index is -0.131. The molecule has 3 aromatic rings. The van der Waals surface area contributed by atoms with Gasteiger partial charge in [-0.05, 0) is 23.1 Å². The van der Waals surface area contributed by atoms with Crippen molar-refractivity contribution in [3.8, 4) is 0 Å². The fourth-order valence-electron chi connectivity index (χ4n) is 3.36. The summed E-state index contributed by atoms with van der Waals surface area (Å²) in [6.07, 6.45) is 0. The van der Waals surface area contributed by atoms with Crippen molar-refractivity contribution in [3.05, 3.63) is 77.9 Å². The van der Waals surface area contributed by atoms with Crippen LogP contribution in [0, 0.1) is 0 Å². The highest BCUT2D eigenvalue weighted by atomic mass is 32.2. The molecule has 0 unspecified atom stereocenters. The first-order chi connectivity index (χ1) is 13.2. The van der Waals surface area contributed by atoms with Crippen molar-refractivity contribution in [3.63, 3.8) is 0 Å². The number of nitrogens with zero attached hydrogens (tertiary/aromatic N) is 1. The number of hydrogen-bond acceptors (Lipinski definition) is 3. The summed E-state index contributed by atoms with van der Waals surface area (Å²) in [5.74, 6) is 1.53. The Kier molecular flexibility index (Phi) is 5.12. The Morgan fingerprint density at radius 2 is 1.74 bits per heavy atom. The van der Waals surface area contributed by atoms with E-state index in [1.54, 1.807) is 16.7 Å². The second-order valence-corrected chi connectivity index (χ2v) is 7.57. The molecule has 0 fully saturated rings. The molecule has 0 saturated heterocycles. The predicted molar refractivity (Wildman–Crippen MR) is 111 cm³/mol. The second-order valence-electron chi connectivity index (χ2n) is 6.46. The lowest BCUT2D eigenvalue weighted by Gasteiger charge is -2.17. The topological polar surface area (TPSA) is 49.4 Å². The quantitative estimate of drug-likeness (QED) is 0.637. The van der Waals surface area contributed by atoms with Crippen molar-refractivity contribution in [1.29, 1.82) is 0 Å². The summed E-state index contributed by atoms with van der Waals surface area (Å²) in [7, 11) is 0. The van der Waals surface area contributed by atoms with E-state index < -0.39 is 0 Å². The van der Waals surface area contributed by atoms with Crippen molar-refractivity contribution in [2.24, 2.45) is 0 Å². The maximum Gasteiger partial charge on any atom is 0.259 e. The fourth-order valence-corrected chi connectivity index (χ4v) is 4.18. The third-order valence-corrected chi connectivity index (χ3v) is 5.66. The number of hydrogen-bond donors (Lipinski definition) is 1. The van der Waals surface area contributed by atoms with Gasteiger partial charge in [0.15, 0.2) is 0 Å². The van der Waals surface area contributed by atoms with Gasteiger partial charge < -0.3 is 5.32 Å². The molecule has 136 valence electrons. The van der Waals surface area contributed by atoms with Crippen molar-refractivity contribution in [1.82, 2.24) is 5.32 Å². The van der Waals surface area contributed by atoms with E-state index in [9.17, 15) is 9.59 Å². The number of carbonyl (C=O) groups excluding carboxylic acids is 2. The van der Waals surface area contributed by atoms with Crippen molar-refractivity contribution >= 4 is 40.0 Å². The largest absolute Gasteiger partial charge is 0.354 e. The van der Waals surface area contributed by atoms with Gasteiger partial charge >= 0.3 is 0 Å². The monoisotopic (exact) mass is 376 g/mol. The van der Waals surface area contributed by atoms with Crippen LogP contribution in [0.3, 0.4) is 0 Å². The van der Waals surface area contributed by atoms with Crippen LogP contribution in [0.1, 0.15) is 15.9 Å². The van der Waals surface area contributed by atoms with Crippen LogP contribution in [-0.4, -0.2) is 30.7 Å². The number of benzene rings is 3. The molecule has 3 aromatic carbocycles. The van der Waals surface area contributed by atoms with E-state index in [0.717, 1.165) is 28.0 Å². The van der Waals surface area contributed by atoms with Crippen LogP contribution in [-0.2, 0) is 10.5 Å². The smallest absolute Gasteiger partial charge is 0.259 e. The highest BCUT2D eigenvalue weighted by Crippen LogP contribution is 2.36. The summed E-state index contributed by atoms with van der Waals surface area (Å²) in [6, 6.07) is 21.8. The van der Waals surface area contributed by atoms with Crippen LogP contribution in [0.2, 0.25) is 0 Å². The SMILES string of the molecule is O=C(CN1C(=O)c2cccc3cccc1c23)NCCSCc1ccccc1. The molecule has 0 bridgehead atoms. The Balaban J connectivity index is 1.30. The van der Waals surface area contributed by atoms with Crippen LogP contribution in [0.25, 0.3) is 10.8 Å². The lowest BCUT2D eigenvalue weighted by molar-refractivity contribution is -0.119. The predicted octanol–water partition coefficient (Wildman–Crippen LogP) is 3.85. The van der Waals surface area contributed by atoms with Gasteiger partial charge in [0.05, 0.1) is 5.69 Å². The molecule has 0 aromatic heterocycles. The van der Waals surface area contributed by atoms with E-state index in [1.807, 2.05) is 54.6 Å². The van der Waals surface area contributed by atoms with Gasteiger partial charge in [0, 0.05) is 29.0 Å². The highest BCUT2D eigenvalue weighted by molar-refractivity contribution is 7.98. The summed E-state index contributed by atoms with van der Waals surface area (Å²) in [6.45, 7) is 0.644. The Bertz CT molecular complexity index is 983. The molecule has 5 heteroatoms. The van der Waals surface area contributed by atoms with Gasteiger partial charge in [-0.1, -0.05) is 54.6 Å². The van der Waals surface area contributed by atoms with Gasteiger partial charge in [0.2, 0.25) is 5.91 Å². The van der Waals surface area contributed by atoms with E-state index in [0.29, 0.717) is 12.1 Å². The molecule has 1 N–H and O–H groups in total. The number of nitrogens with one attached hydrogen (secondary N) is 1. The van der Waals surface area contributed by atoms with Crippen molar-refractivity contribution in [2.45, 2.75) is 5.75 Å². The Labute approximate surface area is 162 Å². The van der Waals surface area contributed by atoms with Gasteiger partial charge in [-0.15, -0.1) is 0 Å². The molecular weight excluding hydrogens is 356 g/mol. The lowest BCUT2D eigenvalue weighted by Crippen LogP contribution is -2.39. The number of carbonyl (C=O) groups is 2. The third kappa shape index (κ3) is 3.69. The summed E-state index contributed by atoms with van der Waals surface area (Å²) < 4.78 is 0. The van der Waals surface area contributed by atoms with Crippen LogP contribution in [0.5, 0.6) is 0 Å². The lowest BCUT2D eigenvalue weighted by atomic mass is 10.1. The zero-order valence-electron chi connectivity index (χ0n) is 14.9. The first-order valence-electron chi connectivity index (χ1n) is 8.96. The molecule has 0 atom stereocenters. The number of amides is 2. The van der Waals surface area contributed by atoms with Gasteiger partial charge in [0.25, 0.3) is 5.91 Å². The molecule has 1 aliphatic heterocycles. The van der Waals surface area contributed by atoms with Crippen LogP contribution in [0.4, 0.5) is 5.69 Å². The van der Waals surface area contributed by atoms with Gasteiger partial charge in [-0.3, -0.25) is 14.5 Å². The van der Waals surface area contributed by atoms with Crippen LogP contribution < -0.4 is 10.2 Å². The Morgan fingerprint density at radius 3 is 2.56 bits per heavy atom. The molecule has 1 heterocycles. The van der Waals surface area contributed by atoms with Crippen molar-refractivity contribution < 1.29 is 9.59 Å². The Hall–Kier alpha value is -2.79. The summed E-state index contributed by atoms with van der Waals surface area (Å²) >= 11 is 1.78.